The monoisotopic (exact) mass is 628 g/mol. The van der Waals surface area contributed by atoms with Gasteiger partial charge in [0.05, 0.1) is 13.2 Å². The molecule has 0 bridgehead atoms. The number of hydrogen-bond donors (Lipinski definition) is 0. The summed E-state index contributed by atoms with van der Waals surface area (Å²) in [5, 5.41) is 9.10. The molecule has 3 aliphatic rings. The molecule has 1 aromatic heterocycles. The Morgan fingerprint density at radius 1 is 0.930 bits per heavy atom. The Morgan fingerprint density at radius 3 is 2.12 bits per heavy atom. The molecule has 1 aromatic carbocycles. The molecule has 0 amide bonds. The molecular formula is C30H44N4O7Si2. The molecule has 234 valence electrons. The largest absolute Gasteiger partial charge is 0.414 e. The summed E-state index contributed by atoms with van der Waals surface area (Å²) in [5.41, 5.74) is -1.88. The summed E-state index contributed by atoms with van der Waals surface area (Å²) in [6, 6.07) is 9.47. The van der Waals surface area contributed by atoms with E-state index >= 15 is 0 Å². The number of carbonyl (C=O) groups excluding carboxylic acids is 1. The van der Waals surface area contributed by atoms with E-state index in [-0.39, 0.29) is 34.3 Å². The van der Waals surface area contributed by atoms with E-state index in [0.29, 0.717) is 17.5 Å². The fourth-order valence-corrected chi connectivity index (χ4v) is 18.2. The minimum Gasteiger partial charge on any atom is -0.414 e. The average molecular weight is 629 g/mol. The maximum absolute atomic E-state index is 14.0. The van der Waals surface area contributed by atoms with Gasteiger partial charge in [-0.25, -0.2) is 4.79 Å². The number of carbonyl (C=O) groups is 1. The van der Waals surface area contributed by atoms with Crippen LogP contribution in [0.3, 0.4) is 0 Å². The molecule has 0 unspecified atom stereocenters. The van der Waals surface area contributed by atoms with Crippen LogP contribution in [0.2, 0.25) is 22.2 Å². The molecule has 4 heterocycles. The number of azo groups is 1. The van der Waals surface area contributed by atoms with Crippen LogP contribution >= 0.6 is 0 Å². The highest BCUT2D eigenvalue weighted by molar-refractivity contribution is 6.84. The highest BCUT2D eigenvalue weighted by Crippen LogP contribution is 2.53. The molecule has 0 aliphatic carbocycles. The highest BCUT2D eigenvalue weighted by Gasteiger charge is 2.67. The van der Waals surface area contributed by atoms with Gasteiger partial charge >= 0.3 is 22.8 Å². The first-order chi connectivity index (χ1) is 20.3. The molecule has 5 rings (SSSR count). The van der Waals surface area contributed by atoms with Crippen LogP contribution in [0.4, 0.5) is 0 Å². The van der Waals surface area contributed by atoms with Crippen molar-refractivity contribution < 1.29 is 22.5 Å². The van der Waals surface area contributed by atoms with E-state index in [1.807, 2.05) is 0 Å². The zero-order valence-corrected chi connectivity index (χ0v) is 28.4. The predicted octanol–water partition coefficient (Wildman–Crippen LogP) is 5.15. The van der Waals surface area contributed by atoms with Crippen molar-refractivity contribution >= 4 is 23.0 Å². The molecule has 13 heteroatoms. The first kappa shape index (κ1) is 31.9. The highest BCUT2D eigenvalue weighted by atomic mass is 28.5. The van der Waals surface area contributed by atoms with Crippen molar-refractivity contribution in [2.75, 3.05) is 13.2 Å². The summed E-state index contributed by atoms with van der Waals surface area (Å²) >= 11 is 0. The summed E-state index contributed by atoms with van der Waals surface area (Å²) in [6.07, 6.45) is -0.305. The molecule has 3 aliphatic heterocycles. The third-order valence-electron chi connectivity index (χ3n) is 9.24. The van der Waals surface area contributed by atoms with Gasteiger partial charge in [0, 0.05) is 24.2 Å². The molecular weight excluding hydrogens is 585 g/mol. The van der Waals surface area contributed by atoms with E-state index in [1.165, 1.54) is 16.8 Å². The third-order valence-corrected chi connectivity index (χ3v) is 19.5. The number of fused-ring (bicyclic) bond motifs is 2. The van der Waals surface area contributed by atoms with Crippen LogP contribution < -0.4 is 11.2 Å². The second kappa shape index (κ2) is 11.7. The average Bonchev–Trinajstić information content (AvgIpc) is 3.54. The molecule has 2 fully saturated rings. The Bertz CT molecular complexity index is 1470. The Kier molecular flexibility index (Phi) is 8.70. The zero-order valence-electron chi connectivity index (χ0n) is 26.4. The minimum atomic E-state index is -3.03. The lowest BCUT2D eigenvalue weighted by Crippen LogP contribution is -2.66. The van der Waals surface area contributed by atoms with Crippen LogP contribution in [-0.4, -0.2) is 63.1 Å². The zero-order chi connectivity index (χ0) is 31.3. The van der Waals surface area contributed by atoms with Gasteiger partial charge < -0.3 is 17.7 Å². The minimum absolute atomic E-state index is 0.0850. The van der Waals surface area contributed by atoms with E-state index in [2.05, 4.69) is 60.5 Å². The summed E-state index contributed by atoms with van der Waals surface area (Å²) in [6.45, 7) is 17.8. The summed E-state index contributed by atoms with van der Waals surface area (Å²) < 4.78 is 30.2. The fourth-order valence-electron chi connectivity index (χ4n) is 6.95. The van der Waals surface area contributed by atoms with Crippen LogP contribution in [0.1, 0.15) is 78.4 Å². The van der Waals surface area contributed by atoms with Gasteiger partial charge in [0.1, 0.15) is 12.2 Å². The van der Waals surface area contributed by atoms with Crippen molar-refractivity contribution in [1.82, 2.24) is 9.13 Å². The Balaban J connectivity index is 1.65. The van der Waals surface area contributed by atoms with Gasteiger partial charge in [-0.1, -0.05) is 73.6 Å². The van der Waals surface area contributed by atoms with Gasteiger partial charge in [-0.3, -0.25) is 14.2 Å². The molecule has 0 N–H and O–H groups in total. The van der Waals surface area contributed by atoms with E-state index in [1.54, 1.807) is 30.3 Å². The standard InChI is InChI=1S/C30H44N4O7Si2/c1-19(2)42(20(3)4)38-18-24-26(40-43(41-42,21(5)6)22(7)8)30(15-16-31-32-30)28(39-24)33-17-14-25(35)34(29(33)37)27(36)23-12-10-9-11-13-23/h9-14,17,19-22,24,26,28H,15-16,18H2,1-8H3/t24-,26-,28-,30+/m1/s1. The van der Waals surface area contributed by atoms with Crippen molar-refractivity contribution in [2.24, 2.45) is 10.2 Å². The van der Waals surface area contributed by atoms with Crippen molar-refractivity contribution in [2.45, 2.75) is 108 Å². The molecule has 1 spiro atoms. The van der Waals surface area contributed by atoms with Gasteiger partial charge in [0.25, 0.3) is 11.5 Å². The predicted molar refractivity (Wildman–Crippen MR) is 166 cm³/mol. The first-order valence-corrected chi connectivity index (χ1v) is 19.2. The second-order valence-electron chi connectivity index (χ2n) is 13.1. The topological polar surface area (TPSA) is 123 Å². The van der Waals surface area contributed by atoms with Gasteiger partial charge in [-0.15, -0.1) is 0 Å². The molecule has 0 saturated carbocycles. The number of benzene rings is 1. The lowest BCUT2D eigenvalue weighted by molar-refractivity contribution is -0.0580. The number of ether oxygens (including phenoxy) is 1. The lowest BCUT2D eigenvalue weighted by Gasteiger charge is -2.52. The van der Waals surface area contributed by atoms with Crippen molar-refractivity contribution in [1.29, 1.82) is 0 Å². The number of hydrogen-bond acceptors (Lipinski definition) is 9. The van der Waals surface area contributed by atoms with Gasteiger partial charge in [0.15, 0.2) is 11.8 Å². The van der Waals surface area contributed by atoms with E-state index in [4.69, 9.17) is 22.8 Å². The van der Waals surface area contributed by atoms with Crippen LogP contribution in [0.25, 0.3) is 0 Å². The van der Waals surface area contributed by atoms with Crippen LogP contribution in [0.15, 0.2) is 62.4 Å². The van der Waals surface area contributed by atoms with Gasteiger partial charge in [-0.05, 0) is 34.3 Å². The Hall–Kier alpha value is -2.56. The van der Waals surface area contributed by atoms with Crippen molar-refractivity contribution in [3.05, 3.63) is 69.0 Å². The lowest BCUT2D eigenvalue weighted by atomic mass is 9.88. The van der Waals surface area contributed by atoms with E-state index in [0.717, 1.165) is 0 Å². The second-order valence-corrected chi connectivity index (χ2v) is 21.9. The Morgan fingerprint density at radius 2 is 1.56 bits per heavy atom. The molecule has 2 aromatic rings. The number of nitrogens with zero attached hydrogens (tertiary/aromatic N) is 4. The molecule has 4 atom stereocenters. The molecule has 2 saturated heterocycles. The summed E-state index contributed by atoms with van der Waals surface area (Å²) in [5.74, 6) is -0.709. The Labute approximate surface area is 254 Å². The quantitative estimate of drug-likeness (QED) is 0.406. The smallest absolute Gasteiger partial charge is 0.340 e. The number of rotatable bonds is 6. The molecule has 0 radical (unpaired) electrons. The third kappa shape index (κ3) is 5.07. The van der Waals surface area contributed by atoms with E-state index in [9.17, 15) is 14.4 Å². The van der Waals surface area contributed by atoms with Crippen molar-refractivity contribution in [3.63, 3.8) is 0 Å². The normalized spacial score (nSPS) is 28.1. The van der Waals surface area contributed by atoms with Crippen molar-refractivity contribution in [3.8, 4) is 0 Å². The fraction of sp³-hybridized carbons (Fsp3) is 0.633. The maximum atomic E-state index is 14.0. The van der Waals surface area contributed by atoms with Gasteiger partial charge in [0.2, 0.25) is 0 Å². The maximum Gasteiger partial charge on any atom is 0.340 e. The van der Waals surface area contributed by atoms with Gasteiger partial charge in [-0.2, -0.15) is 14.8 Å². The number of aromatic nitrogens is 2. The van der Waals surface area contributed by atoms with Crippen LogP contribution in [0.5, 0.6) is 0 Å². The summed E-state index contributed by atoms with van der Waals surface area (Å²) in [7, 11) is -5.86. The molecule has 43 heavy (non-hydrogen) atoms. The summed E-state index contributed by atoms with van der Waals surface area (Å²) in [4.78, 5) is 40.2. The van der Waals surface area contributed by atoms with E-state index < -0.39 is 58.3 Å². The van der Waals surface area contributed by atoms with Crippen LogP contribution in [0, 0.1) is 0 Å². The first-order valence-electron chi connectivity index (χ1n) is 15.3. The molecule has 11 nitrogen and oxygen atoms in total. The SMILES string of the molecule is CC(C)[Si]1(C(C)C)OC[C@H]2O[C@@H](n3ccc(=O)n(C(=O)c4ccccc4)c3=O)[C@]3(CCN=N3)[C@@H]2O[Si](C(C)C)(C(C)C)O1. The van der Waals surface area contributed by atoms with Crippen LogP contribution in [-0.2, 0) is 17.7 Å².